The molecule has 0 saturated carbocycles. The van der Waals surface area contributed by atoms with Crippen molar-refractivity contribution in [3.8, 4) is 5.75 Å². The first-order valence-corrected chi connectivity index (χ1v) is 6.10. The van der Waals surface area contributed by atoms with Crippen molar-refractivity contribution in [2.45, 2.75) is 39.3 Å². The van der Waals surface area contributed by atoms with E-state index >= 15 is 0 Å². The molecule has 4 nitrogen and oxygen atoms in total. The largest absolute Gasteiger partial charge is 0.484 e. The number of halogens is 1. The lowest BCUT2D eigenvalue weighted by Gasteiger charge is -2.20. The van der Waals surface area contributed by atoms with Gasteiger partial charge < -0.3 is 15.2 Å². The molecule has 0 saturated heterocycles. The molecule has 0 aromatic heterocycles. The van der Waals surface area contributed by atoms with E-state index in [9.17, 15) is 14.3 Å². The van der Waals surface area contributed by atoms with Gasteiger partial charge in [0.25, 0.3) is 5.91 Å². The molecule has 0 aliphatic carbocycles. The number of carbonyl (C=O) groups is 1. The SMILES string of the molecule is CC(O)c1ccc(OCC(=O)NC(C)(C)C)cc1F. The third kappa shape index (κ3) is 5.26. The summed E-state index contributed by atoms with van der Waals surface area (Å²) < 4.78 is 18.8. The summed E-state index contributed by atoms with van der Waals surface area (Å²) in [6.45, 7) is 6.90. The van der Waals surface area contributed by atoms with Gasteiger partial charge in [-0.3, -0.25) is 4.79 Å². The highest BCUT2D eigenvalue weighted by Crippen LogP contribution is 2.21. The van der Waals surface area contributed by atoms with Crippen molar-refractivity contribution in [3.63, 3.8) is 0 Å². The van der Waals surface area contributed by atoms with Crippen LogP contribution in [0, 0.1) is 5.82 Å². The number of carbonyl (C=O) groups excluding carboxylic acids is 1. The van der Waals surface area contributed by atoms with Gasteiger partial charge in [-0.1, -0.05) is 0 Å². The monoisotopic (exact) mass is 269 g/mol. The Morgan fingerprint density at radius 1 is 1.47 bits per heavy atom. The molecule has 106 valence electrons. The summed E-state index contributed by atoms with van der Waals surface area (Å²) in [6.07, 6.45) is -0.877. The Morgan fingerprint density at radius 3 is 2.58 bits per heavy atom. The van der Waals surface area contributed by atoms with E-state index in [-0.39, 0.29) is 29.4 Å². The van der Waals surface area contributed by atoms with Crippen molar-refractivity contribution >= 4 is 5.91 Å². The lowest BCUT2D eigenvalue weighted by Crippen LogP contribution is -2.43. The fourth-order valence-electron chi connectivity index (χ4n) is 1.54. The highest BCUT2D eigenvalue weighted by Gasteiger charge is 2.14. The Morgan fingerprint density at radius 2 is 2.11 bits per heavy atom. The van der Waals surface area contributed by atoms with Crippen LogP contribution in [0.4, 0.5) is 4.39 Å². The minimum atomic E-state index is -0.877. The Bertz CT molecular complexity index is 452. The number of nitrogens with one attached hydrogen (secondary N) is 1. The molecular weight excluding hydrogens is 249 g/mol. The maximum Gasteiger partial charge on any atom is 0.258 e. The van der Waals surface area contributed by atoms with Crippen LogP contribution in [-0.2, 0) is 4.79 Å². The lowest BCUT2D eigenvalue weighted by molar-refractivity contribution is -0.124. The number of amides is 1. The molecule has 0 heterocycles. The zero-order chi connectivity index (χ0) is 14.6. The van der Waals surface area contributed by atoms with Gasteiger partial charge in [-0.05, 0) is 39.8 Å². The fourth-order valence-corrected chi connectivity index (χ4v) is 1.54. The minimum absolute atomic E-state index is 0.176. The number of rotatable bonds is 4. The molecule has 1 atom stereocenters. The molecule has 0 bridgehead atoms. The van der Waals surface area contributed by atoms with Crippen LogP contribution in [0.25, 0.3) is 0 Å². The van der Waals surface area contributed by atoms with Crippen LogP contribution in [0.5, 0.6) is 5.75 Å². The number of ether oxygens (including phenoxy) is 1. The molecule has 0 aliphatic rings. The average molecular weight is 269 g/mol. The van der Waals surface area contributed by atoms with Gasteiger partial charge in [-0.2, -0.15) is 0 Å². The third-order valence-electron chi connectivity index (χ3n) is 2.31. The van der Waals surface area contributed by atoms with Crippen LogP contribution < -0.4 is 10.1 Å². The summed E-state index contributed by atoms with van der Waals surface area (Å²) in [5.41, 5.74) is -0.131. The molecular formula is C14H20FNO3. The second kappa shape index (κ2) is 6.02. The van der Waals surface area contributed by atoms with Crippen LogP contribution in [0.3, 0.4) is 0 Å². The van der Waals surface area contributed by atoms with Crippen LogP contribution >= 0.6 is 0 Å². The van der Waals surface area contributed by atoms with Crippen LogP contribution in [-0.4, -0.2) is 23.2 Å². The molecule has 0 spiro atoms. The van der Waals surface area contributed by atoms with Crippen molar-refractivity contribution in [2.24, 2.45) is 0 Å². The predicted molar refractivity (Wildman–Crippen MR) is 70.4 cm³/mol. The summed E-state index contributed by atoms with van der Waals surface area (Å²) >= 11 is 0. The molecule has 19 heavy (non-hydrogen) atoms. The van der Waals surface area contributed by atoms with Gasteiger partial charge in [0, 0.05) is 17.2 Å². The quantitative estimate of drug-likeness (QED) is 0.880. The van der Waals surface area contributed by atoms with Gasteiger partial charge in [0.1, 0.15) is 11.6 Å². The number of hydrogen-bond donors (Lipinski definition) is 2. The van der Waals surface area contributed by atoms with Crippen molar-refractivity contribution in [2.75, 3.05) is 6.61 Å². The van der Waals surface area contributed by atoms with Crippen molar-refractivity contribution in [1.29, 1.82) is 0 Å². The topological polar surface area (TPSA) is 58.6 Å². The summed E-state index contributed by atoms with van der Waals surface area (Å²) in [7, 11) is 0. The van der Waals surface area contributed by atoms with E-state index in [0.29, 0.717) is 0 Å². The van der Waals surface area contributed by atoms with Crippen LogP contribution in [0.15, 0.2) is 18.2 Å². The lowest BCUT2D eigenvalue weighted by atomic mass is 10.1. The van der Waals surface area contributed by atoms with Crippen molar-refractivity contribution in [1.82, 2.24) is 5.32 Å². The number of aliphatic hydroxyl groups is 1. The first-order chi connectivity index (χ1) is 8.69. The van der Waals surface area contributed by atoms with E-state index in [4.69, 9.17) is 4.74 Å². The molecule has 5 heteroatoms. The second-order valence-electron chi connectivity index (χ2n) is 5.45. The predicted octanol–water partition coefficient (Wildman–Crippen LogP) is 2.17. The van der Waals surface area contributed by atoms with Gasteiger partial charge >= 0.3 is 0 Å². The summed E-state index contributed by atoms with van der Waals surface area (Å²) in [5.74, 6) is -0.567. The van der Waals surface area contributed by atoms with Crippen LogP contribution in [0.1, 0.15) is 39.4 Å². The summed E-state index contributed by atoms with van der Waals surface area (Å²) in [6, 6.07) is 4.12. The molecule has 1 aromatic carbocycles. The molecule has 2 N–H and O–H groups in total. The zero-order valence-electron chi connectivity index (χ0n) is 11.7. The first kappa shape index (κ1) is 15.4. The number of hydrogen-bond acceptors (Lipinski definition) is 3. The van der Waals surface area contributed by atoms with Crippen molar-refractivity contribution in [3.05, 3.63) is 29.6 Å². The van der Waals surface area contributed by atoms with E-state index < -0.39 is 11.9 Å². The van der Waals surface area contributed by atoms with Gasteiger partial charge in [-0.25, -0.2) is 4.39 Å². The molecule has 1 rings (SSSR count). The van der Waals surface area contributed by atoms with Crippen molar-refractivity contribution < 1.29 is 19.0 Å². The van der Waals surface area contributed by atoms with Gasteiger partial charge in [0.2, 0.25) is 0 Å². The van der Waals surface area contributed by atoms with E-state index in [1.165, 1.54) is 19.1 Å². The minimum Gasteiger partial charge on any atom is -0.484 e. The molecule has 1 aromatic rings. The Balaban J connectivity index is 2.59. The van der Waals surface area contributed by atoms with Crippen LogP contribution in [0.2, 0.25) is 0 Å². The maximum atomic E-state index is 13.6. The van der Waals surface area contributed by atoms with E-state index in [2.05, 4.69) is 5.32 Å². The smallest absolute Gasteiger partial charge is 0.258 e. The summed E-state index contributed by atoms with van der Waals surface area (Å²) in [5, 5.41) is 12.0. The highest BCUT2D eigenvalue weighted by atomic mass is 19.1. The van der Waals surface area contributed by atoms with E-state index in [1.807, 2.05) is 20.8 Å². The first-order valence-electron chi connectivity index (χ1n) is 6.10. The fraction of sp³-hybridized carbons (Fsp3) is 0.500. The Kier molecular flexibility index (Phi) is 4.89. The molecule has 1 unspecified atom stereocenters. The highest BCUT2D eigenvalue weighted by molar-refractivity contribution is 5.78. The zero-order valence-corrected chi connectivity index (χ0v) is 11.7. The number of aliphatic hydroxyl groups excluding tert-OH is 1. The Labute approximate surface area is 112 Å². The van der Waals surface area contributed by atoms with E-state index in [0.717, 1.165) is 6.07 Å². The van der Waals surface area contributed by atoms with Gasteiger partial charge in [0.05, 0.1) is 6.10 Å². The summed E-state index contributed by atoms with van der Waals surface area (Å²) in [4.78, 5) is 11.5. The third-order valence-corrected chi connectivity index (χ3v) is 2.31. The second-order valence-corrected chi connectivity index (χ2v) is 5.45. The van der Waals surface area contributed by atoms with Gasteiger partial charge in [0.15, 0.2) is 6.61 Å². The van der Waals surface area contributed by atoms with E-state index in [1.54, 1.807) is 0 Å². The average Bonchev–Trinajstić information content (AvgIpc) is 2.23. The number of benzene rings is 1. The maximum absolute atomic E-state index is 13.6. The Hall–Kier alpha value is -1.62. The van der Waals surface area contributed by atoms with Gasteiger partial charge in [-0.15, -0.1) is 0 Å². The standard InChI is InChI=1S/C14H20FNO3/c1-9(17)11-6-5-10(7-12(11)15)19-8-13(18)16-14(2,3)4/h5-7,9,17H,8H2,1-4H3,(H,16,18). The molecule has 0 aliphatic heterocycles. The molecule has 1 amide bonds. The molecule has 0 radical (unpaired) electrons. The normalized spacial score (nSPS) is 12.9. The molecule has 0 fully saturated rings.